The summed E-state index contributed by atoms with van der Waals surface area (Å²) in [5.74, 6) is -0.113. The number of nitrogens with one attached hydrogen (secondary N) is 1. The van der Waals surface area contributed by atoms with E-state index in [9.17, 15) is 19.8 Å². The molecule has 0 rings (SSSR count). The van der Waals surface area contributed by atoms with Gasteiger partial charge in [0, 0.05) is 12.8 Å². The van der Waals surface area contributed by atoms with E-state index in [0.29, 0.717) is 25.9 Å². The molecule has 0 aliphatic rings. The molecular formula is C49H91NO5. The van der Waals surface area contributed by atoms with Gasteiger partial charge in [-0.2, -0.15) is 0 Å². The number of aliphatic hydroxyl groups is 2. The number of rotatable bonds is 43. The number of ether oxygens (including phenoxy) is 1. The molecule has 0 aromatic heterocycles. The quantitative estimate of drug-likeness (QED) is 0.0326. The molecule has 0 aliphatic carbocycles. The number of amides is 1. The van der Waals surface area contributed by atoms with Crippen molar-refractivity contribution in [3.8, 4) is 0 Å². The van der Waals surface area contributed by atoms with Crippen LogP contribution in [0, 0.1) is 0 Å². The first kappa shape index (κ1) is 53.1. The van der Waals surface area contributed by atoms with Gasteiger partial charge in [0.15, 0.2) is 0 Å². The molecule has 55 heavy (non-hydrogen) atoms. The van der Waals surface area contributed by atoms with Gasteiger partial charge in [0.1, 0.15) is 0 Å². The van der Waals surface area contributed by atoms with E-state index in [1.807, 2.05) is 0 Å². The average molecular weight is 774 g/mol. The second-order valence-corrected chi connectivity index (χ2v) is 16.1. The molecule has 0 saturated heterocycles. The Morgan fingerprint density at radius 1 is 0.509 bits per heavy atom. The van der Waals surface area contributed by atoms with Gasteiger partial charge < -0.3 is 20.3 Å². The molecule has 2 atom stereocenters. The van der Waals surface area contributed by atoms with Crippen LogP contribution in [-0.4, -0.2) is 47.4 Å². The molecule has 0 fully saturated rings. The van der Waals surface area contributed by atoms with E-state index in [1.165, 1.54) is 109 Å². The molecular weight excluding hydrogens is 683 g/mol. The molecule has 322 valence electrons. The molecule has 6 nitrogen and oxygen atoms in total. The van der Waals surface area contributed by atoms with Crippen LogP contribution in [0.5, 0.6) is 0 Å². The summed E-state index contributed by atoms with van der Waals surface area (Å²) in [6, 6.07) is -0.562. The second kappa shape index (κ2) is 44.8. The van der Waals surface area contributed by atoms with E-state index in [2.05, 4.69) is 55.6 Å². The van der Waals surface area contributed by atoms with E-state index in [4.69, 9.17) is 4.74 Å². The van der Waals surface area contributed by atoms with Crippen LogP contribution in [0.3, 0.4) is 0 Å². The van der Waals surface area contributed by atoms with Crippen molar-refractivity contribution in [1.82, 2.24) is 5.32 Å². The Hall–Kier alpha value is -1.92. The van der Waals surface area contributed by atoms with Crippen LogP contribution in [0.4, 0.5) is 0 Å². The van der Waals surface area contributed by atoms with E-state index in [0.717, 1.165) is 96.3 Å². The first-order valence-corrected chi connectivity index (χ1v) is 23.7. The van der Waals surface area contributed by atoms with Gasteiger partial charge in [-0.1, -0.05) is 185 Å². The van der Waals surface area contributed by atoms with Crippen molar-refractivity contribution in [2.75, 3.05) is 13.2 Å². The minimum Gasteiger partial charge on any atom is -0.466 e. The number of allylic oxidation sites excluding steroid dienone is 6. The second-order valence-electron chi connectivity index (χ2n) is 16.1. The monoisotopic (exact) mass is 774 g/mol. The van der Waals surface area contributed by atoms with Gasteiger partial charge in [0.05, 0.1) is 25.4 Å². The lowest BCUT2D eigenvalue weighted by molar-refractivity contribution is -0.143. The van der Waals surface area contributed by atoms with Gasteiger partial charge >= 0.3 is 5.97 Å². The number of carbonyl (C=O) groups excluding carboxylic acids is 2. The molecule has 3 N–H and O–H groups in total. The summed E-state index contributed by atoms with van der Waals surface area (Å²) in [6.45, 7) is 4.81. The third-order valence-corrected chi connectivity index (χ3v) is 10.7. The van der Waals surface area contributed by atoms with Gasteiger partial charge in [0.25, 0.3) is 0 Å². The molecule has 1 amide bonds. The van der Waals surface area contributed by atoms with Crippen molar-refractivity contribution < 1.29 is 24.5 Å². The molecule has 0 heterocycles. The predicted octanol–water partition coefficient (Wildman–Crippen LogP) is 13.7. The highest BCUT2D eigenvalue weighted by atomic mass is 16.5. The van der Waals surface area contributed by atoms with Crippen LogP contribution in [0.15, 0.2) is 36.5 Å². The Balaban J connectivity index is 3.55. The van der Waals surface area contributed by atoms with Crippen LogP contribution in [0.25, 0.3) is 0 Å². The zero-order valence-corrected chi connectivity index (χ0v) is 36.4. The predicted molar refractivity (Wildman–Crippen MR) is 236 cm³/mol. The van der Waals surface area contributed by atoms with Crippen molar-refractivity contribution in [1.29, 1.82) is 0 Å². The fraction of sp³-hybridized carbons (Fsp3) is 0.837. The van der Waals surface area contributed by atoms with Gasteiger partial charge in [-0.05, 0) is 77.0 Å². The van der Waals surface area contributed by atoms with Crippen LogP contribution in [0.1, 0.15) is 239 Å². The smallest absolute Gasteiger partial charge is 0.305 e. The van der Waals surface area contributed by atoms with E-state index in [-0.39, 0.29) is 18.5 Å². The fourth-order valence-corrected chi connectivity index (χ4v) is 6.94. The number of esters is 1. The Morgan fingerprint density at radius 2 is 0.927 bits per heavy atom. The van der Waals surface area contributed by atoms with E-state index in [1.54, 1.807) is 0 Å². The Kier molecular flexibility index (Phi) is 43.2. The van der Waals surface area contributed by atoms with Crippen molar-refractivity contribution in [3.63, 3.8) is 0 Å². The number of unbranched alkanes of at least 4 members (excludes halogenated alkanes) is 26. The summed E-state index contributed by atoms with van der Waals surface area (Å²) in [7, 11) is 0. The third-order valence-electron chi connectivity index (χ3n) is 10.7. The van der Waals surface area contributed by atoms with Crippen molar-refractivity contribution in [3.05, 3.63) is 36.5 Å². The van der Waals surface area contributed by atoms with Gasteiger partial charge in [0.2, 0.25) is 5.91 Å². The molecule has 0 bridgehead atoms. The molecule has 2 unspecified atom stereocenters. The van der Waals surface area contributed by atoms with Crippen LogP contribution in [-0.2, 0) is 14.3 Å². The third kappa shape index (κ3) is 41.5. The highest BCUT2D eigenvalue weighted by molar-refractivity contribution is 5.76. The maximum Gasteiger partial charge on any atom is 0.305 e. The largest absolute Gasteiger partial charge is 0.466 e. The maximum atomic E-state index is 12.4. The highest BCUT2D eigenvalue weighted by Gasteiger charge is 2.20. The number of hydrogen-bond acceptors (Lipinski definition) is 5. The minimum absolute atomic E-state index is 0.0466. The molecule has 0 radical (unpaired) electrons. The summed E-state index contributed by atoms with van der Waals surface area (Å²) < 4.78 is 5.42. The summed E-state index contributed by atoms with van der Waals surface area (Å²) >= 11 is 0. The number of aliphatic hydroxyl groups excluding tert-OH is 2. The Bertz CT molecular complexity index is 900. The molecule has 0 spiro atoms. The van der Waals surface area contributed by atoms with Crippen molar-refractivity contribution >= 4 is 11.9 Å². The lowest BCUT2D eigenvalue weighted by Gasteiger charge is -2.22. The summed E-state index contributed by atoms with van der Waals surface area (Å²) in [6.07, 6.45) is 52.4. The molecule has 0 aromatic carbocycles. The normalized spacial score (nSPS) is 13.0. The van der Waals surface area contributed by atoms with E-state index < -0.39 is 12.1 Å². The van der Waals surface area contributed by atoms with Gasteiger partial charge in [-0.25, -0.2) is 0 Å². The minimum atomic E-state index is -0.682. The molecule has 0 saturated carbocycles. The highest BCUT2D eigenvalue weighted by Crippen LogP contribution is 2.15. The van der Waals surface area contributed by atoms with Crippen molar-refractivity contribution in [2.24, 2.45) is 0 Å². The van der Waals surface area contributed by atoms with Crippen LogP contribution in [0.2, 0.25) is 0 Å². The fourth-order valence-electron chi connectivity index (χ4n) is 6.94. The lowest BCUT2D eigenvalue weighted by atomic mass is 10.0. The Labute approximate surface area is 341 Å². The molecule has 6 heteroatoms. The number of carbonyl (C=O) groups is 2. The van der Waals surface area contributed by atoms with E-state index >= 15 is 0 Å². The van der Waals surface area contributed by atoms with Gasteiger partial charge in [-0.15, -0.1) is 0 Å². The Morgan fingerprint density at radius 3 is 1.45 bits per heavy atom. The topological polar surface area (TPSA) is 95.9 Å². The van der Waals surface area contributed by atoms with Crippen LogP contribution < -0.4 is 5.32 Å². The molecule has 0 aliphatic heterocycles. The molecule has 0 aromatic rings. The van der Waals surface area contributed by atoms with Gasteiger partial charge in [-0.3, -0.25) is 9.59 Å². The summed E-state index contributed by atoms with van der Waals surface area (Å²) in [5.41, 5.74) is 0. The first-order valence-electron chi connectivity index (χ1n) is 23.7. The first-order chi connectivity index (χ1) is 27.0. The summed E-state index contributed by atoms with van der Waals surface area (Å²) in [4.78, 5) is 24.4. The lowest BCUT2D eigenvalue weighted by Crippen LogP contribution is -2.45. The summed E-state index contributed by atoms with van der Waals surface area (Å²) in [5, 5.41) is 23.1. The zero-order valence-electron chi connectivity index (χ0n) is 36.4. The van der Waals surface area contributed by atoms with Crippen LogP contribution >= 0.6 is 0 Å². The number of hydrogen-bond donors (Lipinski definition) is 3. The maximum absolute atomic E-state index is 12.4. The SMILES string of the molecule is CCCC/C=C\C/C=C\CCCCCCCC(=O)OCCCC/C=C\CCCCCCCC(=O)NC(CO)C(O)CCCCCCCCCCCCCCC. The zero-order chi connectivity index (χ0) is 40.1. The standard InChI is InChI=1S/C49H91NO5/c1-3-5-7-9-11-13-15-17-19-23-27-31-35-39-43-49(54)55-44-40-36-32-28-24-20-22-26-30-34-38-42-48(53)50-46(45-51)47(52)41-37-33-29-25-21-18-16-14-12-10-8-6-4-2/h9,11,15,17,24,28,46-47,51-52H,3-8,10,12-14,16,18-23,25-27,29-45H2,1-2H3,(H,50,53)/b11-9-,17-15-,28-24-. The average Bonchev–Trinajstić information content (AvgIpc) is 3.18. The van der Waals surface area contributed by atoms with Crippen molar-refractivity contribution in [2.45, 2.75) is 251 Å².